The number of hydrogen-bond acceptors (Lipinski definition) is 5. The van der Waals surface area contributed by atoms with Gasteiger partial charge in [0, 0.05) is 13.0 Å². The van der Waals surface area contributed by atoms with Crippen molar-refractivity contribution in [1.82, 2.24) is 0 Å². The van der Waals surface area contributed by atoms with Gasteiger partial charge >= 0.3 is 6.18 Å². The summed E-state index contributed by atoms with van der Waals surface area (Å²) in [4.78, 5) is 26.9. The number of nitriles is 1. The predicted molar refractivity (Wildman–Crippen MR) is 88.7 cm³/mol. The first-order chi connectivity index (χ1) is 13.1. The van der Waals surface area contributed by atoms with Crippen LogP contribution in [0.2, 0.25) is 0 Å². The monoisotopic (exact) mass is 392 g/mol. The first-order valence-corrected chi connectivity index (χ1v) is 8.58. The molecule has 1 N–H and O–H groups in total. The zero-order valence-electron chi connectivity index (χ0n) is 14.7. The number of nitrogens with zero attached hydrogens (tertiary/aromatic N) is 2. The first-order valence-electron chi connectivity index (χ1n) is 8.58. The molecule has 2 bridgehead atoms. The van der Waals surface area contributed by atoms with Crippen molar-refractivity contribution in [3.05, 3.63) is 41.5 Å². The SMILES string of the molecule is CC12C=CC(CCO)(O1)C1C(=O)N(c3ccc(C#N)c(C(F)(F)F)c3)C(=O)C12. The highest BCUT2D eigenvalue weighted by Crippen LogP contribution is 2.59. The van der Waals surface area contributed by atoms with Gasteiger partial charge < -0.3 is 9.84 Å². The number of benzene rings is 1. The van der Waals surface area contributed by atoms with E-state index < -0.39 is 52.2 Å². The Kier molecular flexibility index (Phi) is 3.77. The number of carbonyl (C=O) groups is 2. The molecule has 2 amide bonds. The second kappa shape index (κ2) is 5.65. The van der Waals surface area contributed by atoms with Crippen LogP contribution in [0.25, 0.3) is 0 Å². The minimum atomic E-state index is -4.81. The standard InChI is InChI=1S/C19H15F3N2O4/c1-17-4-5-18(28-17,6-7-25)14-13(17)15(26)24(16(14)27)11-3-2-10(9-23)12(8-11)19(20,21)22/h2-5,8,13-14,25H,6-7H2,1H3. The van der Waals surface area contributed by atoms with Crippen LogP contribution in [0.15, 0.2) is 30.4 Å². The fraction of sp³-hybridized carbons (Fsp3) is 0.421. The van der Waals surface area contributed by atoms with Gasteiger partial charge in [-0.05, 0) is 25.1 Å². The van der Waals surface area contributed by atoms with Crippen LogP contribution in [0.3, 0.4) is 0 Å². The van der Waals surface area contributed by atoms with Gasteiger partial charge in [0.1, 0.15) is 5.60 Å². The largest absolute Gasteiger partial charge is 0.417 e. The summed E-state index contributed by atoms with van der Waals surface area (Å²) in [6.45, 7) is 1.36. The van der Waals surface area contributed by atoms with E-state index >= 15 is 0 Å². The number of halogens is 3. The van der Waals surface area contributed by atoms with Crippen LogP contribution in [-0.2, 0) is 20.5 Å². The molecule has 3 heterocycles. The van der Waals surface area contributed by atoms with Crippen molar-refractivity contribution >= 4 is 17.5 Å². The molecule has 2 fully saturated rings. The van der Waals surface area contributed by atoms with Gasteiger partial charge in [-0.1, -0.05) is 12.2 Å². The van der Waals surface area contributed by atoms with Gasteiger partial charge in [0.25, 0.3) is 0 Å². The molecule has 1 aromatic carbocycles. The van der Waals surface area contributed by atoms with Crippen molar-refractivity contribution in [3.63, 3.8) is 0 Å². The van der Waals surface area contributed by atoms with Gasteiger partial charge in [0.15, 0.2) is 0 Å². The zero-order valence-corrected chi connectivity index (χ0v) is 14.7. The lowest BCUT2D eigenvalue weighted by atomic mass is 9.71. The van der Waals surface area contributed by atoms with Crippen molar-refractivity contribution in [2.24, 2.45) is 11.8 Å². The summed E-state index contributed by atoms with van der Waals surface area (Å²) in [5.74, 6) is -3.14. The maximum Gasteiger partial charge on any atom is 0.417 e. The molecule has 4 atom stereocenters. The third-order valence-electron chi connectivity index (χ3n) is 5.75. The van der Waals surface area contributed by atoms with E-state index in [9.17, 15) is 27.9 Å². The minimum Gasteiger partial charge on any atom is -0.396 e. The van der Waals surface area contributed by atoms with Crippen LogP contribution in [-0.4, -0.2) is 34.7 Å². The van der Waals surface area contributed by atoms with Gasteiger partial charge in [-0.15, -0.1) is 0 Å². The molecule has 1 aromatic rings. The third kappa shape index (κ3) is 2.28. The molecule has 0 spiro atoms. The Hall–Kier alpha value is -2.70. The summed E-state index contributed by atoms with van der Waals surface area (Å²) in [6, 6.07) is 4.21. The van der Waals surface area contributed by atoms with Crippen LogP contribution >= 0.6 is 0 Å². The Morgan fingerprint density at radius 1 is 1.25 bits per heavy atom. The van der Waals surface area contributed by atoms with Crippen molar-refractivity contribution in [2.45, 2.75) is 30.7 Å². The normalized spacial score (nSPS) is 33.5. The summed E-state index contributed by atoms with van der Waals surface area (Å²) < 4.78 is 45.8. The second-order valence-corrected chi connectivity index (χ2v) is 7.35. The van der Waals surface area contributed by atoms with Gasteiger partial charge in [0.05, 0.1) is 40.3 Å². The first kappa shape index (κ1) is 18.7. The number of fused-ring (bicyclic) bond motifs is 5. The number of carbonyl (C=O) groups excluding carboxylic acids is 2. The van der Waals surface area contributed by atoms with E-state index in [1.54, 1.807) is 19.1 Å². The zero-order chi connectivity index (χ0) is 20.5. The Labute approximate surface area is 157 Å². The summed E-state index contributed by atoms with van der Waals surface area (Å²) >= 11 is 0. The lowest BCUT2D eigenvalue weighted by molar-refractivity contribution is -0.138. The van der Waals surface area contributed by atoms with E-state index in [0.717, 1.165) is 17.0 Å². The molecule has 28 heavy (non-hydrogen) atoms. The number of imide groups is 1. The summed E-state index contributed by atoms with van der Waals surface area (Å²) in [5, 5.41) is 18.3. The molecule has 3 aliphatic rings. The number of ether oxygens (including phenoxy) is 1. The molecular weight excluding hydrogens is 377 g/mol. The quantitative estimate of drug-likeness (QED) is 0.629. The van der Waals surface area contributed by atoms with E-state index in [1.807, 2.05) is 0 Å². The van der Waals surface area contributed by atoms with Crippen LogP contribution in [0.1, 0.15) is 24.5 Å². The minimum absolute atomic E-state index is 0.0916. The summed E-state index contributed by atoms with van der Waals surface area (Å²) in [5.41, 5.74) is -4.27. The van der Waals surface area contributed by atoms with Crippen LogP contribution in [0, 0.1) is 23.2 Å². The maximum absolute atomic E-state index is 13.3. The molecule has 4 unspecified atom stereocenters. The highest BCUT2D eigenvalue weighted by molar-refractivity contribution is 6.23. The van der Waals surface area contributed by atoms with Crippen LogP contribution < -0.4 is 4.90 Å². The Bertz CT molecular complexity index is 967. The molecule has 0 aromatic heterocycles. The number of amides is 2. The lowest BCUT2D eigenvalue weighted by Gasteiger charge is -2.28. The molecule has 0 radical (unpaired) electrons. The molecule has 3 aliphatic heterocycles. The molecule has 146 valence electrons. The van der Waals surface area contributed by atoms with E-state index in [2.05, 4.69) is 0 Å². The Morgan fingerprint density at radius 3 is 2.54 bits per heavy atom. The molecule has 9 heteroatoms. The van der Waals surface area contributed by atoms with E-state index in [0.29, 0.717) is 6.07 Å². The average Bonchev–Trinajstić information content (AvgIpc) is 3.19. The Morgan fingerprint density at radius 2 is 1.93 bits per heavy atom. The number of alkyl halides is 3. The van der Waals surface area contributed by atoms with Crippen molar-refractivity contribution in [3.8, 4) is 6.07 Å². The fourth-order valence-electron chi connectivity index (χ4n) is 4.58. The van der Waals surface area contributed by atoms with Gasteiger partial charge in [-0.25, -0.2) is 4.90 Å². The maximum atomic E-state index is 13.3. The van der Waals surface area contributed by atoms with Crippen molar-refractivity contribution in [1.29, 1.82) is 5.26 Å². The van der Waals surface area contributed by atoms with Gasteiger partial charge in [-0.2, -0.15) is 18.4 Å². The molecule has 2 saturated heterocycles. The molecule has 4 rings (SSSR count). The van der Waals surface area contributed by atoms with E-state index in [-0.39, 0.29) is 18.7 Å². The topological polar surface area (TPSA) is 90.6 Å². The second-order valence-electron chi connectivity index (χ2n) is 7.35. The van der Waals surface area contributed by atoms with Crippen LogP contribution in [0.5, 0.6) is 0 Å². The highest BCUT2D eigenvalue weighted by atomic mass is 19.4. The summed E-state index contributed by atoms with van der Waals surface area (Å²) in [6.07, 6.45) is -1.40. The van der Waals surface area contributed by atoms with Gasteiger partial charge in [0.2, 0.25) is 11.8 Å². The van der Waals surface area contributed by atoms with E-state index in [1.165, 1.54) is 6.07 Å². The molecular formula is C19H15F3N2O4. The molecule has 0 saturated carbocycles. The Balaban J connectivity index is 1.80. The number of aliphatic hydroxyl groups is 1. The summed E-state index contributed by atoms with van der Waals surface area (Å²) in [7, 11) is 0. The predicted octanol–water partition coefficient (Wildman–Crippen LogP) is 2.16. The number of aliphatic hydroxyl groups excluding tert-OH is 1. The average molecular weight is 392 g/mol. The number of rotatable bonds is 3. The van der Waals surface area contributed by atoms with Crippen LogP contribution in [0.4, 0.5) is 18.9 Å². The van der Waals surface area contributed by atoms with Crippen molar-refractivity contribution in [2.75, 3.05) is 11.5 Å². The number of hydrogen-bond donors (Lipinski definition) is 1. The fourth-order valence-corrected chi connectivity index (χ4v) is 4.58. The molecule has 0 aliphatic carbocycles. The van der Waals surface area contributed by atoms with Gasteiger partial charge in [-0.3, -0.25) is 9.59 Å². The molecule has 6 nitrogen and oxygen atoms in total. The third-order valence-corrected chi connectivity index (χ3v) is 5.75. The lowest BCUT2D eigenvalue weighted by Crippen LogP contribution is -2.41. The highest BCUT2D eigenvalue weighted by Gasteiger charge is 2.71. The number of anilines is 1. The smallest absolute Gasteiger partial charge is 0.396 e. The van der Waals surface area contributed by atoms with Crippen molar-refractivity contribution < 1.29 is 32.6 Å². The van der Waals surface area contributed by atoms with E-state index in [4.69, 9.17) is 10.00 Å².